The van der Waals surface area contributed by atoms with Crippen LogP contribution in [0, 0.1) is 0 Å². The number of hydrogen-bond donors (Lipinski definition) is 1. The summed E-state index contributed by atoms with van der Waals surface area (Å²) in [5.41, 5.74) is 2.92. The van der Waals surface area contributed by atoms with Crippen LogP contribution in [-0.2, 0) is 4.79 Å². The lowest BCUT2D eigenvalue weighted by molar-refractivity contribution is -0.123. The molecule has 1 amide bonds. The van der Waals surface area contributed by atoms with Crippen molar-refractivity contribution in [3.63, 3.8) is 0 Å². The minimum Gasteiger partial charge on any atom is -0.493 e. The van der Waals surface area contributed by atoms with E-state index in [2.05, 4.69) is 10.5 Å². The lowest BCUT2D eigenvalue weighted by atomic mass is 10.2. The molecule has 0 heterocycles. The Balaban J connectivity index is 1.91. The number of hydrazone groups is 1. The molecule has 0 aliphatic heterocycles. The quantitative estimate of drug-likeness (QED) is 0.587. The molecular formula is C17H16Cl2N2O4. The Kier molecular flexibility index (Phi) is 6.91. The Hall–Kier alpha value is -2.44. The lowest BCUT2D eigenvalue weighted by Gasteiger charge is -2.09. The fraction of sp³-hybridized carbons (Fsp3) is 0.176. The number of nitrogens with zero attached hydrogens (tertiary/aromatic N) is 1. The van der Waals surface area contributed by atoms with Crippen LogP contribution in [0.1, 0.15) is 5.56 Å². The second-order valence-corrected chi connectivity index (χ2v) is 5.61. The van der Waals surface area contributed by atoms with Crippen LogP contribution in [0.5, 0.6) is 17.2 Å². The first-order valence-electron chi connectivity index (χ1n) is 7.15. The molecule has 0 bridgehead atoms. The van der Waals surface area contributed by atoms with Crippen LogP contribution in [0.4, 0.5) is 0 Å². The highest BCUT2D eigenvalue weighted by Crippen LogP contribution is 2.32. The van der Waals surface area contributed by atoms with Crippen LogP contribution in [0.15, 0.2) is 41.5 Å². The number of amides is 1. The molecule has 0 radical (unpaired) electrons. The van der Waals surface area contributed by atoms with Crippen molar-refractivity contribution in [1.29, 1.82) is 0 Å². The molecule has 2 rings (SSSR count). The van der Waals surface area contributed by atoms with Crippen LogP contribution in [-0.4, -0.2) is 32.9 Å². The predicted molar refractivity (Wildman–Crippen MR) is 97.2 cm³/mol. The minimum absolute atomic E-state index is 0.182. The van der Waals surface area contributed by atoms with Gasteiger partial charge < -0.3 is 14.2 Å². The molecule has 132 valence electrons. The summed E-state index contributed by atoms with van der Waals surface area (Å²) in [5, 5.41) is 4.85. The van der Waals surface area contributed by atoms with E-state index in [4.69, 9.17) is 37.4 Å². The van der Waals surface area contributed by atoms with Crippen LogP contribution in [0.2, 0.25) is 10.0 Å². The van der Waals surface area contributed by atoms with Crippen molar-refractivity contribution in [3.05, 3.63) is 52.0 Å². The second-order valence-electron chi connectivity index (χ2n) is 4.76. The van der Waals surface area contributed by atoms with Crippen molar-refractivity contribution in [1.82, 2.24) is 5.43 Å². The summed E-state index contributed by atoms with van der Waals surface area (Å²) in [4.78, 5) is 11.7. The highest BCUT2D eigenvalue weighted by atomic mass is 35.5. The van der Waals surface area contributed by atoms with E-state index >= 15 is 0 Å². The van der Waals surface area contributed by atoms with Gasteiger partial charge in [-0.05, 0) is 30.3 Å². The number of nitrogens with one attached hydrogen (secondary N) is 1. The zero-order chi connectivity index (χ0) is 18.2. The largest absolute Gasteiger partial charge is 0.493 e. The molecule has 1 N–H and O–H groups in total. The van der Waals surface area contributed by atoms with Crippen molar-refractivity contribution in [2.45, 2.75) is 0 Å². The molecule has 0 aliphatic rings. The van der Waals surface area contributed by atoms with E-state index in [0.717, 1.165) is 0 Å². The van der Waals surface area contributed by atoms with Crippen molar-refractivity contribution in [2.24, 2.45) is 5.10 Å². The number of ether oxygens (including phenoxy) is 3. The molecule has 0 atom stereocenters. The average molecular weight is 383 g/mol. The van der Waals surface area contributed by atoms with Gasteiger partial charge in [-0.3, -0.25) is 4.79 Å². The van der Waals surface area contributed by atoms with Gasteiger partial charge in [0.25, 0.3) is 5.91 Å². The van der Waals surface area contributed by atoms with Crippen LogP contribution < -0.4 is 19.6 Å². The molecule has 0 fully saturated rings. The summed E-state index contributed by atoms with van der Waals surface area (Å²) in [5.74, 6) is 1.13. The third-order valence-corrected chi connectivity index (χ3v) is 3.66. The molecule has 0 saturated heterocycles. The fourth-order valence-electron chi connectivity index (χ4n) is 1.85. The SMILES string of the molecule is COc1cc(Cl)c(/C=N\NC(=O)COc2ccc(Cl)cc2)cc1OC. The first-order valence-corrected chi connectivity index (χ1v) is 7.91. The summed E-state index contributed by atoms with van der Waals surface area (Å²) in [6, 6.07) is 9.94. The predicted octanol–water partition coefficient (Wildman–Crippen LogP) is 3.54. The number of hydrogen-bond acceptors (Lipinski definition) is 5. The first kappa shape index (κ1) is 18.9. The van der Waals surface area contributed by atoms with Gasteiger partial charge in [0.2, 0.25) is 0 Å². The maximum atomic E-state index is 11.7. The molecule has 0 aromatic heterocycles. The third kappa shape index (κ3) is 5.55. The summed E-state index contributed by atoms with van der Waals surface area (Å²) >= 11 is 11.9. The Morgan fingerprint density at radius 2 is 1.76 bits per heavy atom. The Morgan fingerprint density at radius 3 is 2.40 bits per heavy atom. The van der Waals surface area contributed by atoms with Crippen LogP contribution in [0.3, 0.4) is 0 Å². The maximum Gasteiger partial charge on any atom is 0.277 e. The molecule has 0 saturated carbocycles. The van der Waals surface area contributed by atoms with E-state index in [0.29, 0.717) is 32.9 Å². The van der Waals surface area contributed by atoms with E-state index in [9.17, 15) is 4.79 Å². The molecule has 0 spiro atoms. The topological polar surface area (TPSA) is 69.2 Å². The molecule has 0 unspecified atom stereocenters. The molecule has 0 aliphatic carbocycles. The monoisotopic (exact) mass is 382 g/mol. The maximum absolute atomic E-state index is 11.7. The van der Waals surface area contributed by atoms with Gasteiger partial charge in [-0.25, -0.2) is 5.43 Å². The van der Waals surface area contributed by atoms with Gasteiger partial charge in [-0.2, -0.15) is 5.10 Å². The number of benzene rings is 2. The third-order valence-electron chi connectivity index (χ3n) is 3.08. The van der Waals surface area contributed by atoms with Gasteiger partial charge in [0, 0.05) is 16.7 Å². The molecule has 2 aromatic rings. The van der Waals surface area contributed by atoms with Crippen molar-refractivity contribution < 1.29 is 19.0 Å². The Labute approximate surface area is 155 Å². The first-order chi connectivity index (χ1) is 12.0. The van der Waals surface area contributed by atoms with Crippen molar-refractivity contribution in [2.75, 3.05) is 20.8 Å². The van der Waals surface area contributed by atoms with Crippen LogP contribution in [0.25, 0.3) is 0 Å². The molecular weight excluding hydrogens is 367 g/mol. The van der Waals surface area contributed by atoms with E-state index in [1.165, 1.54) is 20.4 Å². The summed E-state index contributed by atoms with van der Waals surface area (Å²) in [6.07, 6.45) is 1.41. The van der Waals surface area contributed by atoms with Gasteiger partial charge in [0.05, 0.1) is 25.5 Å². The van der Waals surface area contributed by atoms with Gasteiger partial charge in [-0.1, -0.05) is 23.2 Å². The van der Waals surface area contributed by atoms with E-state index in [-0.39, 0.29) is 6.61 Å². The zero-order valence-electron chi connectivity index (χ0n) is 13.6. The van der Waals surface area contributed by atoms with E-state index in [1.807, 2.05) is 0 Å². The van der Waals surface area contributed by atoms with Gasteiger partial charge >= 0.3 is 0 Å². The lowest BCUT2D eigenvalue weighted by Crippen LogP contribution is -2.24. The van der Waals surface area contributed by atoms with Gasteiger partial charge in [0.15, 0.2) is 18.1 Å². The van der Waals surface area contributed by atoms with E-state index < -0.39 is 5.91 Å². The highest BCUT2D eigenvalue weighted by Gasteiger charge is 2.08. The highest BCUT2D eigenvalue weighted by molar-refractivity contribution is 6.33. The molecule has 8 heteroatoms. The summed E-state index contributed by atoms with van der Waals surface area (Å²) in [6.45, 7) is -0.182. The molecule has 2 aromatic carbocycles. The van der Waals surface area contributed by atoms with Crippen molar-refractivity contribution >= 4 is 35.3 Å². The number of carbonyl (C=O) groups excluding carboxylic acids is 1. The number of methoxy groups -OCH3 is 2. The minimum atomic E-state index is -0.414. The number of carbonyl (C=O) groups is 1. The normalized spacial score (nSPS) is 10.6. The average Bonchev–Trinajstić information content (AvgIpc) is 2.62. The summed E-state index contributed by atoms with van der Waals surface area (Å²) < 4.78 is 15.6. The van der Waals surface area contributed by atoms with Gasteiger partial charge in [0.1, 0.15) is 5.75 Å². The van der Waals surface area contributed by atoms with Crippen molar-refractivity contribution in [3.8, 4) is 17.2 Å². The fourth-order valence-corrected chi connectivity index (χ4v) is 2.18. The Morgan fingerprint density at radius 1 is 1.12 bits per heavy atom. The molecule has 6 nitrogen and oxygen atoms in total. The second kappa shape index (κ2) is 9.15. The smallest absolute Gasteiger partial charge is 0.277 e. The number of halogens is 2. The van der Waals surface area contributed by atoms with Crippen LogP contribution >= 0.6 is 23.2 Å². The number of rotatable bonds is 7. The van der Waals surface area contributed by atoms with Gasteiger partial charge in [-0.15, -0.1) is 0 Å². The Bertz CT molecular complexity index is 764. The zero-order valence-corrected chi connectivity index (χ0v) is 15.1. The standard InChI is InChI=1S/C17H16Cl2N2O4/c1-23-15-7-11(14(19)8-16(15)24-2)9-20-21-17(22)10-25-13-5-3-12(18)4-6-13/h3-9H,10H2,1-2H3,(H,21,22)/b20-9-. The summed E-state index contributed by atoms with van der Waals surface area (Å²) in [7, 11) is 3.03. The van der Waals surface area contributed by atoms with E-state index in [1.54, 1.807) is 36.4 Å². The molecule has 25 heavy (non-hydrogen) atoms.